The zero-order valence-electron chi connectivity index (χ0n) is 15.4. The molecule has 0 heterocycles. The van der Waals surface area contributed by atoms with Gasteiger partial charge in [0, 0.05) is 12.1 Å². The molecule has 2 heteroatoms. The summed E-state index contributed by atoms with van der Waals surface area (Å²) in [6.45, 7) is 5.15. The molecule has 0 spiro atoms. The van der Waals surface area contributed by atoms with Crippen LogP contribution in [0.1, 0.15) is 50.7 Å². The number of rotatable bonds is 9. The zero-order valence-corrected chi connectivity index (χ0v) is 15.4. The molecule has 2 aromatic rings. The molecule has 2 aromatic carbocycles. The topological polar surface area (TPSA) is 29.1 Å². The van der Waals surface area contributed by atoms with Crippen LogP contribution in [-0.2, 0) is 4.79 Å². The van der Waals surface area contributed by atoms with Crippen LogP contribution >= 0.6 is 0 Å². The third-order valence-corrected chi connectivity index (χ3v) is 4.53. The first-order valence-electron chi connectivity index (χ1n) is 9.35. The van der Waals surface area contributed by atoms with E-state index < -0.39 is 0 Å². The van der Waals surface area contributed by atoms with Crippen molar-refractivity contribution < 1.29 is 4.79 Å². The Balaban J connectivity index is 2.15. The minimum absolute atomic E-state index is 0.00463. The molecule has 0 bridgehead atoms. The molecule has 0 saturated heterocycles. The molecule has 1 amide bonds. The van der Waals surface area contributed by atoms with Gasteiger partial charge in [-0.3, -0.25) is 4.79 Å². The van der Waals surface area contributed by atoms with Crippen LogP contribution in [0.15, 0.2) is 60.7 Å². The van der Waals surface area contributed by atoms with Crippen LogP contribution in [0.2, 0.25) is 0 Å². The van der Waals surface area contributed by atoms with Crippen molar-refractivity contribution in [3.05, 3.63) is 71.8 Å². The highest BCUT2D eigenvalue weighted by molar-refractivity contribution is 6.24. The molecule has 2 nitrogen and oxygen atoms in total. The zero-order chi connectivity index (χ0) is 17.9. The van der Waals surface area contributed by atoms with E-state index in [2.05, 4.69) is 19.2 Å². The Hall–Kier alpha value is -2.35. The highest BCUT2D eigenvalue weighted by Crippen LogP contribution is 2.19. The Morgan fingerprint density at radius 3 is 2.24 bits per heavy atom. The number of unbranched alkanes of at least 4 members (excludes halogenated alkanes) is 1. The number of carbonyl (C=O) groups is 1. The Bertz CT molecular complexity index is 661. The molecule has 132 valence electrons. The van der Waals surface area contributed by atoms with Gasteiger partial charge in [-0.15, -0.1) is 0 Å². The van der Waals surface area contributed by atoms with E-state index in [9.17, 15) is 4.79 Å². The van der Waals surface area contributed by atoms with Crippen molar-refractivity contribution in [1.82, 2.24) is 5.32 Å². The molecule has 1 atom stereocenters. The van der Waals surface area contributed by atoms with E-state index in [0.717, 1.165) is 29.7 Å². The lowest BCUT2D eigenvalue weighted by Gasteiger charge is -2.16. The van der Waals surface area contributed by atoms with E-state index in [1.807, 2.05) is 66.7 Å². The highest BCUT2D eigenvalue weighted by atomic mass is 16.1. The molecule has 25 heavy (non-hydrogen) atoms. The predicted molar refractivity (Wildman–Crippen MR) is 107 cm³/mol. The molecule has 2 rings (SSSR count). The van der Waals surface area contributed by atoms with Gasteiger partial charge in [0.15, 0.2) is 0 Å². The lowest BCUT2D eigenvalue weighted by molar-refractivity contribution is -0.115. The molecule has 0 aromatic heterocycles. The second-order valence-corrected chi connectivity index (χ2v) is 6.46. The summed E-state index contributed by atoms with van der Waals surface area (Å²) in [5.74, 6) is 0.558. The van der Waals surface area contributed by atoms with Crippen molar-refractivity contribution in [1.29, 1.82) is 0 Å². The van der Waals surface area contributed by atoms with Gasteiger partial charge in [0.2, 0.25) is 0 Å². The van der Waals surface area contributed by atoms with Gasteiger partial charge in [-0.05, 0) is 29.5 Å². The average Bonchev–Trinajstić information content (AvgIpc) is 2.67. The number of benzene rings is 2. The van der Waals surface area contributed by atoms with Crippen molar-refractivity contribution in [2.24, 2.45) is 5.92 Å². The first kappa shape index (κ1) is 19.0. The van der Waals surface area contributed by atoms with Gasteiger partial charge in [-0.2, -0.15) is 0 Å². The number of hydrogen-bond donors (Lipinski definition) is 1. The van der Waals surface area contributed by atoms with Gasteiger partial charge in [0.1, 0.15) is 0 Å². The molecule has 0 aliphatic heterocycles. The first-order valence-corrected chi connectivity index (χ1v) is 9.35. The van der Waals surface area contributed by atoms with Gasteiger partial charge in [0.25, 0.3) is 5.91 Å². The van der Waals surface area contributed by atoms with Crippen LogP contribution in [0, 0.1) is 5.92 Å². The smallest absolute Gasteiger partial charge is 0.251 e. The number of nitrogens with one attached hydrogen (secondary N) is 1. The highest BCUT2D eigenvalue weighted by Gasteiger charge is 2.14. The molecule has 0 radical (unpaired) electrons. The lowest BCUT2D eigenvalue weighted by atomic mass is 9.98. The van der Waals surface area contributed by atoms with Gasteiger partial charge in [-0.1, -0.05) is 93.8 Å². The fourth-order valence-corrected chi connectivity index (χ4v) is 2.89. The first-order chi connectivity index (χ1) is 12.2. The van der Waals surface area contributed by atoms with E-state index in [0.29, 0.717) is 5.92 Å². The monoisotopic (exact) mass is 335 g/mol. The maximum absolute atomic E-state index is 12.9. The van der Waals surface area contributed by atoms with Gasteiger partial charge in [0.05, 0.1) is 0 Å². The van der Waals surface area contributed by atoms with Crippen molar-refractivity contribution in [2.45, 2.75) is 39.5 Å². The Kier molecular flexibility index (Phi) is 7.97. The Labute approximate surface area is 152 Å². The molecule has 1 N–H and O–H groups in total. The third-order valence-electron chi connectivity index (χ3n) is 4.53. The molecule has 0 fully saturated rings. The summed E-state index contributed by atoms with van der Waals surface area (Å²) in [5, 5.41) is 3.15. The molecule has 0 unspecified atom stereocenters. The fourth-order valence-electron chi connectivity index (χ4n) is 2.89. The Morgan fingerprint density at radius 2 is 1.64 bits per heavy atom. The van der Waals surface area contributed by atoms with Crippen molar-refractivity contribution in [3.63, 3.8) is 0 Å². The van der Waals surface area contributed by atoms with E-state index in [1.165, 1.54) is 19.3 Å². The largest absolute Gasteiger partial charge is 0.352 e. The van der Waals surface area contributed by atoms with E-state index in [-0.39, 0.29) is 5.91 Å². The molecule has 0 aliphatic rings. The van der Waals surface area contributed by atoms with E-state index in [1.54, 1.807) is 0 Å². The number of carbonyl (C=O) groups excluding carboxylic acids is 1. The normalized spacial score (nSPS) is 12.6. The van der Waals surface area contributed by atoms with Gasteiger partial charge >= 0.3 is 0 Å². The standard InChI is InChI=1S/C23H29NO/c1-3-5-12-19(4-2)18-24-23(25)22(21-15-10-7-11-16-21)17-20-13-8-6-9-14-20/h6-11,13-17,19H,3-5,12,18H2,1-2H3,(H,24,25)/b22-17+/t19-/m1/s1. The average molecular weight is 335 g/mol. The van der Waals surface area contributed by atoms with Crippen LogP contribution in [-0.4, -0.2) is 12.5 Å². The fraction of sp³-hybridized carbons (Fsp3) is 0.348. The maximum Gasteiger partial charge on any atom is 0.251 e. The van der Waals surface area contributed by atoms with Crippen molar-refractivity contribution >= 4 is 17.6 Å². The van der Waals surface area contributed by atoms with E-state index >= 15 is 0 Å². The summed E-state index contributed by atoms with van der Waals surface area (Å²) in [6.07, 6.45) is 6.67. The van der Waals surface area contributed by atoms with Crippen LogP contribution in [0.25, 0.3) is 11.6 Å². The second kappa shape index (κ2) is 10.5. The minimum atomic E-state index is 0.00463. The van der Waals surface area contributed by atoms with Crippen molar-refractivity contribution in [2.75, 3.05) is 6.54 Å². The predicted octanol–water partition coefficient (Wildman–Crippen LogP) is 5.56. The number of amides is 1. The lowest BCUT2D eigenvalue weighted by Crippen LogP contribution is -2.29. The van der Waals surface area contributed by atoms with Crippen LogP contribution in [0.5, 0.6) is 0 Å². The summed E-state index contributed by atoms with van der Waals surface area (Å²) in [6, 6.07) is 19.9. The maximum atomic E-state index is 12.9. The Morgan fingerprint density at radius 1 is 1.00 bits per heavy atom. The quantitative estimate of drug-likeness (QED) is 0.472. The summed E-state index contributed by atoms with van der Waals surface area (Å²) in [7, 11) is 0. The number of hydrogen-bond acceptors (Lipinski definition) is 1. The van der Waals surface area contributed by atoms with Gasteiger partial charge < -0.3 is 5.32 Å². The van der Waals surface area contributed by atoms with Crippen LogP contribution in [0.4, 0.5) is 0 Å². The summed E-state index contributed by atoms with van der Waals surface area (Å²) >= 11 is 0. The third kappa shape index (κ3) is 6.22. The summed E-state index contributed by atoms with van der Waals surface area (Å²) < 4.78 is 0. The molecule has 0 saturated carbocycles. The molecular weight excluding hydrogens is 306 g/mol. The second-order valence-electron chi connectivity index (χ2n) is 6.46. The van der Waals surface area contributed by atoms with Crippen molar-refractivity contribution in [3.8, 4) is 0 Å². The molecular formula is C23H29NO. The van der Waals surface area contributed by atoms with Crippen LogP contribution < -0.4 is 5.32 Å². The van der Waals surface area contributed by atoms with Crippen LogP contribution in [0.3, 0.4) is 0 Å². The van der Waals surface area contributed by atoms with E-state index in [4.69, 9.17) is 0 Å². The minimum Gasteiger partial charge on any atom is -0.352 e. The van der Waals surface area contributed by atoms with Gasteiger partial charge in [-0.25, -0.2) is 0 Å². The summed E-state index contributed by atoms with van der Waals surface area (Å²) in [5.41, 5.74) is 2.71. The summed E-state index contributed by atoms with van der Waals surface area (Å²) in [4.78, 5) is 12.9. The SMILES string of the molecule is CCCC[C@@H](CC)CNC(=O)/C(=C/c1ccccc1)c1ccccc1. The molecule has 0 aliphatic carbocycles.